The lowest BCUT2D eigenvalue weighted by atomic mass is 9.98. The van der Waals surface area contributed by atoms with E-state index in [0.29, 0.717) is 32.7 Å². The zero-order valence-electron chi connectivity index (χ0n) is 16.7. The molecule has 2 aliphatic rings. The van der Waals surface area contributed by atoms with Crippen LogP contribution in [0.3, 0.4) is 0 Å². The SMILES string of the molecule is CC(=O)N1CCN(C(=O)CN2CC=C(c3c[nH]c4cc(C)ccc34)CC2)CC1. The standard InChI is InChI=1S/C22H28N4O2/c1-16-3-4-19-20(14-23-21(19)13-16)18-5-7-24(8-6-18)15-22(28)26-11-9-25(10-12-26)17(2)27/h3-5,13-14,23H,6-12,15H2,1-2H3. The fourth-order valence-electron chi connectivity index (χ4n) is 4.17. The third kappa shape index (κ3) is 3.83. The maximum Gasteiger partial charge on any atom is 0.236 e. The lowest BCUT2D eigenvalue weighted by Crippen LogP contribution is -2.52. The van der Waals surface area contributed by atoms with E-state index < -0.39 is 0 Å². The van der Waals surface area contributed by atoms with Crippen LogP contribution in [0.15, 0.2) is 30.5 Å². The number of nitrogens with one attached hydrogen (secondary N) is 1. The van der Waals surface area contributed by atoms with Crippen molar-refractivity contribution < 1.29 is 9.59 Å². The number of carbonyl (C=O) groups is 2. The molecule has 28 heavy (non-hydrogen) atoms. The second kappa shape index (κ2) is 7.80. The molecule has 1 fully saturated rings. The maximum atomic E-state index is 12.6. The van der Waals surface area contributed by atoms with Crippen molar-refractivity contribution in [3.8, 4) is 0 Å². The van der Waals surface area contributed by atoms with Gasteiger partial charge in [0.25, 0.3) is 0 Å². The molecule has 1 saturated heterocycles. The normalized spacial score (nSPS) is 18.4. The first-order chi connectivity index (χ1) is 13.5. The lowest BCUT2D eigenvalue weighted by molar-refractivity contribution is -0.139. The van der Waals surface area contributed by atoms with E-state index in [1.807, 2.05) is 9.80 Å². The molecule has 0 bridgehead atoms. The van der Waals surface area contributed by atoms with Gasteiger partial charge in [-0.05, 0) is 30.5 Å². The Hall–Kier alpha value is -2.60. The number of piperazine rings is 1. The van der Waals surface area contributed by atoms with Crippen LogP contribution in [-0.4, -0.2) is 77.3 Å². The Bertz CT molecular complexity index is 922. The highest BCUT2D eigenvalue weighted by Gasteiger charge is 2.24. The van der Waals surface area contributed by atoms with Crippen molar-refractivity contribution in [2.75, 3.05) is 45.8 Å². The highest BCUT2D eigenvalue weighted by molar-refractivity contribution is 5.93. The van der Waals surface area contributed by atoms with Crippen LogP contribution in [0.1, 0.15) is 24.5 Å². The number of aromatic nitrogens is 1. The molecule has 1 aromatic carbocycles. The zero-order chi connectivity index (χ0) is 19.7. The lowest BCUT2D eigenvalue weighted by Gasteiger charge is -2.35. The van der Waals surface area contributed by atoms with Crippen LogP contribution in [0.5, 0.6) is 0 Å². The monoisotopic (exact) mass is 380 g/mol. The van der Waals surface area contributed by atoms with E-state index in [-0.39, 0.29) is 11.8 Å². The summed E-state index contributed by atoms with van der Waals surface area (Å²) in [5, 5.41) is 1.27. The minimum atomic E-state index is 0.0910. The molecular formula is C22H28N4O2. The minimum Gasteiger partial charge on any atom is -0.361 e. The predicted octanol–water partition coefficient (Wildman–Crippen LogP) is 2.26. The summed E-state index contributed by atoms with van der Waals surface area (Å²) in [5.41, 5.74) is 5.07. The first-order valence-electron chi connectivity index (χ1n) is 10.0. The van der Waals surface area contributed by atoms with Crippen LogP contribution >= 0.6 is 0 Å². The van der Waals surface area contributed by atoms with Gasteiger partial charge in [0.05, 0.1) is 6.54 Å². The smallest absolute Gasteiger partial charge is 0.236 e. The molecule has 0 atom stereocenters. The largest absolute Gasteiger partial charge is 0.361 e. The summed E-state index contributed by atoms with van der Waals surface area (Å²) < 4.78 is 0. The molecule has 4 rings (SSSR count). The van der Waals surface area contributed by atoms with Gasteiger partial charge in [0, 0.05) is 68.9 Å². The molecule has 0 aliphatic carbocycles. The molecule has 0 saturated carbocycles. The molecule has 6 nitrogen and oxygen atoms in total. The number of rotatable bonds is 3. The second-order valence-corrected chi connectivity index (χ2v) is 7.85. The van der Waals surface area contributed by atoms with Crippen LogP contribution in [0.2, 0.25) is 0 Å². The molecule has 0 unspecified atom stereocenters. The van der Waals surface area contributed by atoms with E-state index in [1.165, 1.54) is 27.6 Å². The fourth-order valence-corrected chi connectivity index (χ4v) is 4.17. The summed E-state index contributed by atoms with van der Waals surface area (Å²) in [4.78, 5) is 33.3. The topological polar surface area (TPSA) is 59.7 Å². The zero-order valence-corrected chi connectivity index (χ0v) is 16.7. The van der Waals surface area contributed by atoms with E-state index in [2.05, 4.69) is 47.3 Å². The molecule has 1 N–H and O–H groups in total. The molecule has 148 valence electrons. The number of H-pyrrole nitrogens is 1. The summed E-state index contributed by atoms with van der Waals surface area (Å²) >= 11 is 0. The van der Waals surface area contributed by atoms with Crippen molar-refractivity contribution in [1.82, 2.24) is 19.7 Å². The summed E-state index contributed by atoms with van der Waals surface area (Å²) in [5.74, 6) is 0.260. The van der Waals surface area contributed by atoms with Gasteiger partial charge < -0.3 is 14.8 Å². The number of amides is 2. The molecule has 0 radical (unpaired) electrons. The number of aryl methyl sites for hydroxylation is 1. The highest BCUT2D eigenvalue weighted by atomic mass is 16.2. The predicted molar refractivity (Wildman–Crippen MR) is 111 cm³/mol. The molecule has 6 heteroatoms. The van der Waals surface area contributed by atoms with Crippen molar-refractivity contribution in [3.05, 3.63) is 41.6 Å². The van der Waals surface area contributed by atoms with Gasteiger partial charge in [0.2, 0.25) is 11.8 Å². The third-order valence-corrected chi connectivity index (χ3v) is 5.91. The summed E-state index contributed by atoms with van der Waals surface area (Å²) in [6.07, 6.45) is 5.31. The highest BCUT2D eigenvalue weighted by Crippen LogP contribution is 2.29. The van der Waals surface area contributed by atoms with Crippen molar-refractivity contribution in [2.24, 2.45) is 0 Å². The average Bonchev–Trinajstić information content (AvgIpc) is 3.11. The second-order valence-electron chi connectivity index (χ2n) is 7.85. The summed E-state index contributed by atoms with van der Waals surface area (Å²) in [6, 6.07) is 6.52. The van der Waals surface area contributed by atoms with E-state index >= 15 is 0 Å². The Kier molecular flexibility index (Phi) is 5.22. The van der Waals surface area contributed by atoms with E-state index in [4.69, 9.17) is 0 Å². The number of hydrogen-bond donors (Lipinski definition) is 1. The summed E-state index contributed by atoms with van der Waals surface area (Å²) in [6.45, 7) is 8.41. The van der Waals surface area contributed by atoms with Gasteiger partial charge in [-0.15, -0.1) is 0 Å². The van der Waals surface area contributed by atoms with Crippen molar-refractivity contribution in [1.29, 1.82) is 0 Å². The van der Waals surface area contributed by atoms with Crippen LogP contribution < -0.4 is 0 Å². The number of nitrogens with zero attached hydrogens (tertiary/aromatic N) is 3. The molecule has 2 aliphatic heterocycles. The Morgan fingerprint density at radius 3 is 2.50 bits per heavy atom. The Morgan fingerprint density at radius 1 is 1.07 bits per heavy atom. The Labute approximate surface area is 165 Å². The van der Waals surface area contributed by atoms with Crippen LogP contribution in [-0.2, 0) is 9.59 Å². The summed E-state index contributed by atoms with van der Waals surface area (Å²) in [7, 11) is 0. The van der Waals surface area contributed by atoms with Crippen LogP contribution in [0.25, 0.3) is 16.5 Å². The average molecular weight is 380 g/mol. The molecule has 3 heterocycles. The fraction of sp³-hybridized carbons (Fsp3) is 0.455. The number of fused-ring (bicyclic) bond motifs is 1. The number of carbonyl (C=O) groups excluding carboxylic acids is 2. The first kappa shape index (κ1) is 18.7. The molecule has 2 amide bonds. The first-order valence-corrected chi connectivity index (χ1v) is 10.0. The van der Waals surface area contributed by atoms with Gasteiger partial charge in [-0.25, -0.2) is 0 Å². The maximum absolute atomic E-state index is 12.6. The van der Waals surface area contributed by atoms with Gasteiger partial charge >= 0.3 is 0 Å². The Balaban J connectivity index is 1.35. The number of hydrogen-bond acceptors (Lipinski definition) is 3. The quantitative estimate of drug-likeness (QED) is 0.889. The molecule has 0 spiro atoms. The van der Waals surface area contributed by atoms with Gasteiger partial charge in [0.1, 0.15) is 0 Å². The number of benzene rings is 1. The van der Waals surface area contributed by atoms with Gasteiger partial charge in [-0.3, -0.25) is 14.5 Å². The van der Waals surface area contributed by atoms with Crippen molar-refractivity contribution >= 4 is 28.3 Å². The van der Waals surface area contributed by atoms with Crippen LogP contribution in [0.4, 0.5) is 0 Å². The van der Waals surface area contributed by atoms with Crippen molar-refractivity contribution in [3.63, 3.8) is 0 Å². The van der Waals surface area contributed by atoms with Gasteiger partial charge in [0.15, 0.2) is 0 Å². The van der Waals surface area contributed by atoms with Gasteiger partial charge in [-0.1, -0.05) is 18.2 Å². The van der Waals surface area contributed by atoms with E-state index in [9.17, 15) is 9.59 Å². The number of aromatic amines is 1. The van der Waals surface area contributed by atoms with Crippen molar-refractivity contribution in [2.45, 2.75) is 20.3 Å². The van der Waals surface area contributed by atoms with Gasteiger partial charge in [-0.2, -0.15) is 0 Å². The third-order valence-electron chi connectivity index (χ3n) is 5.91. The molecular weight excluding hydrogens is 352 g/mol. The van der Waals surface area contributed by atoms with E-state index in [0.717, 1.165) is 19.5 Å². The minimum absolute atomic E-state index is 0.0910. The van der Waals surface area contributed by atoms with Crippen LogP contribution in [0, 0.1) is 6.92 Å². The Morgan fingerprint density at radius 2 is 1.82 bits per heavy atom. The molecule has 2 aromatic rings. The molecule has 1 aromatic heterocycles. The van der Waals surface area contributed by atoms with E-state index in [1.54, 1.807) is 6.92 Å².